The number of halogens is 2. The molecule has 0 aliphatic carbocycles. The summed E-state index contributed by atoms with van der Waals surface area (Å²) in [4.78, 5) is 36.5. The molecule has 0 unspecified atom stereocenters. The molecule has 17 heteroatoms. The van der Waals surface area contributed by atoms with Gasteiger partial charge in [-0.3, -0.25) is 0 Å². The molecule has 20 aromatic rings. The molecule has 11 nitrogen and oxygen atoms in total. The van der Waals surface area contributed by atoms with Crippen molar-refractivity contribution in [3.05, 3.63) is 343 Å². The van der Waals surface area contributed by atoms with Gasteiger partial charge in [0.25, 0.3) is 0 Å². The largest absolute Gasteiger partial charge is 0.488 e. The van der Waals surface area contributed by atoms with Gasteiger partial charge in [-0.05, 0) is 142 Å². The minimum absolute atomic E-state index is 0.202. The Morgan fingerprint density at radius 3 is 1.13 bits per heavy atom. The van der Waals surface area contributed by atoms with Gasteiger partial charge in [-0.25, -0.2) is 9.97 Å². The third kappa shape index (κ3) is 14.8. The number of hydrogen-bond acceptors (Lipinski definition) is 12. The number of rotatable bonds is 8. The highest BCUT2D eigenvalue weighted by molar-refractivity contribution is 9.10. The van der Waals surface area contributed by atoms with Crippen molar-refractivity contribution in [1.29, 1.82) is 0 Å². The number of nitrogens with zero attached hydrogens (tertiary/aromatic N) is 7. The Bertz CT molecular complexity index is 6420. The summed E-state index contributed by atoms with van der Waals surface area (Å²) in [6, 6.07) is 108. The van der Waals surface area contributed by atoms with Crippen molar-refractivity contribution in [2.24, 2.45) is 0 Å². The maximum Gasteiger partial charge on any atom is 0.488 e. The van der Waals surface area contributed by atoms with Crippen LogP contribution in [0.5, 0.6) is 0 Å². The molecule has 0 spiro atoms. The summed E-state index contributed by atoms with van der Waals surface area (Å²) in [6.45, 7) is 0.840. The number of aromatic amines is 2. The predicted octanol–water partition coefficient (Wildman–Crippen LogP) is 23.7. The summed E-state index contributed by atoms with van der Waals surface area (Å²) in [5, 5.41) is 27.8. The van der Waals surface area contributed by atoms with E-state index >= 15 is 0 Å². The van der Waals surface area contributed by atoms with Crippen LogP contribution < -0.4 is 10.4 Å². The number of H-pyrrole nitrogens is 2. The average molecular weight is 1520 g/mol. The summed E-state index contributed by atoms with van der Waals surface area (Å²) >= 11 is 15.1. The zero-order chi connectivity index (χ0) is 72.2. The maximum atomic E-state index is 8.58. The van der Waals surface area contributed by atoms with Gasteiger partial charge in [0, 0.05) is 134 Å². The zero-order valence-electron chi connectivity index (χ0n) is 57.2. The molecular weight excluding hydrogens is 1460 g/mol. The molecule has 0 fully saturated rings. The van der Waals surface area contributed by atoms with Crippen LogP contribution in [0.4, 0.5) is 11.6 Å². The zero-order valence-corrected chi connectivity index (χ0v) is 62.0. The van der Waals surface area contributed by atoms with Crippen molar-refractivity contribution in [3.8, 4) is 67.8 Å². The van der Waals surface area contributed by atoms with Crippen LogP contribution in [0.25, 0.3) is 150 Å². The van der Waals surface area contributed by atoms with Gasteiger partial charge in [0.15, 0.2) is 23.3 Å². The molecule has 0 bridgehead atoms. The van der Waals surface area contributed by atoms with Crippen LogP contribution in [0.15, 0.2) is 332 Å². The molecule has 4 N–H and O–H groups in total. The van der Waals surface area contributed by atoms with E-state index in [4.69, 9.17) is 36.6 Å². The Morgan fingerprint density at radius 2 is 0.710 bits per heavy atom. The highest BCUT2D eigenvalue weighted by Crippen LogP contribution is 2.45. The molecule has 7 aromatic heterocycles. The minimum Gasteiger partial charge on any atom is -0.423 e. The monoisotopic (exact) mass is 1520 g/mol. The topological polar surface area (TPSA) is 153 Å². The summed E-state index contributed by atoms with van der Waals surface area (Å²) in [6.07, 6.45) is 4.96. The fraction of sp³-hybridized carbons (Fsp3) is 0.0222. The number of thiophene rings is 3. The molecular formula is C90H62BBrClN9O2S3. The van der Waals surface area contributed by atoms with E-state index in [0.29, 0.717) is 34.7 Å². The smallest absolute Gasteiger partial charge is 0.423 e. The Kier molecular flexibility index (Phi) is 19.6. The number of nitrogens with one attached hydrogen (secondary N) is 2. The lowest BCUT2D eigenvalue weighted by atomic mass is 9.81. The Morgan fingerprint density at radius 1 is 0.346 bits per heavy atom. The second-order valence-electron chi connectivity index (χ2n) is 25.6. The van der Waals surface area contributed by atoms with Crippen LogP contribution in [0.3, 0.4) is 0 Å². The quantitative estimate of drug-likeness (QED) is 0.109. The van der Waals surface area contributed by atoms with E-state index < -0.39 is 7.12 Å². The number of benzene rings is 13. The van der Waals surface area contributed by atoms with Gasteiger partial charge < -0.3 is 24.9 Å². The van der Waals surface area contributed by atoms with Crippen molar-refractivity contribution in [2.45, 2.75) is 6.42 Å². The van der Waals surface area contributed by atoms with E-state index in [2.05, 4.69) is 234 Å². The Labute approximate surface area is 641 Å². The van der Waals surface area contributed by atoms with Gasteiger partial charge in [-0.2, -0.15) is 19.9 Å². The maximum absolute atomic E-state index is 8.58. The lowest BCUT2D eigenvalue weighted by Gasteiger charge is -2.19. The summed E-state index contributed by atoms with van der Waals surface area (Å²) in [7, 11) is -1.34. The van der Waals surface area contributed by atoms with Gasteiger partial charge in [0.2, 0.25) is 11.2 Å². The van der Waals surface area contributed by atoms with Gasteiger partial charge >= 0.3 is 7.12 Å². The summed E-state index contributed by atoms with van der Waals surface area (Å²) in [5.41, 5.74) is 14.3. The third-order valence-corrected chi connectivity index (χ3v) is 22.8. The molecule has 1 aliphatic rings. The number of hydrogen-bond donors (Lipinski definition) is 4. The van der Waals surface area contributed by atoms with E-state index in [0.717, 1.165) is 39.7 Å². The highest BCUT2D eigenvalue weighted by Gasteiger charge is 2.27. The number of aromatic nitrogens is 8. The molecule has 107 heavy (non-hydrogen) atoms. The van der Waals surface area contributed by atoms with Crippen molar-refractivity contribution in [1.82, 2.24) is 39.9 Å². The first-order valence-corrected chi connectivity index (χ1v) is 38.5. The minimum atomic E-state index is -1.34. The van der Waals surface area contributed by atoms with Gasteiger partial charge in [0.05, 0.1) is 0 Å². The molecule has 8 heterocycles. The normalized spacial score (nSPS) is 11.6. The molecule has 0 saturated carbocycles. The first-order valence-electron chi connectivity index (χ1n) is 34.8. The van der Waals surface area contributed by atoms with E-state index in [1.54, 1.807) is 24.3 Å². The second kappa shape index (κ2) is 30.7. The first kappa shape index (κ1) is 68.3. The molecule has 0 amide bonds. The molecule has 514 valence electrons. The molecule has 0 saturated heterocycles. The van der Waals surface area contributed by atoms with Crippen LogP contribution in [0, 0.1) is 0 Å². The molecule has 1 aliphatic heterocycles. The van der Waals surface area contributed by atoms with Crippen molar-refractivity contribution < 1.29 is 10.0 Å². The molecule has 0 atom stereocenters. The first-order chi connectivity index (χ1) is 52.6. The fourth-order valence-electron chi connectivity index (χ4n) is 13.4. The van der Waals surface area contributed by atoms with Crippen LogP contribution in [0.1, 0.15) is 5.56 Å². The number of fused-ring (bicyclic) bond motifs is 12. The van der Waals surface area contributed by atoms with Gasteiger partial charge in [-0.15, -0.1) is 34.0 Å². The molecule has 21 rings (SSSR count). The average Bonchev–Trinajstić information content (AvgIpc) is 1.62. The number of anilines is 2. The summed E-state index contributed by atoms with van der Waals surface area (Å²) in [5.74, 6) is 3.23. The predicted molar refractivity (Wildman–Crippen MR) is 454 cm³/mol. The van der Waals surface area contributed by atoms with Crippen molar-refractivity contribution in [3.63, 3.8) is 0 Å². The molecule has 0 radical (unpaired) electrons. The lowest BCUT2D eigenvalue weighted by molar-refractivity contribution is 0.426. The van der Waals surface area contributed by atoms with Gasteiger partial charge in [-0.1, -0.05) is 240 Å². The second-order valence-corrected chi connectivity index (χ2v) is 30.1. The van der Waals surface area contributed by atoms with E-state index in [1.165, 1.54) is 116 Å². The Balaban J connectivity index is 0.000000107. The lowest BCUT2D eigenvalue weighted by Crippen LogP contribution is -2.29. The van der Waals surface area contributed by atoms with Crippen molar-refractivity contribution >= 4 is 168 Å². The molecule has 13 aromatic carbocycles. The van der Waals surface area contributed by atoms with E-state index in [1.807, 2.05) is 150 Å². The van der Waals surface area contributed by atoms with Crippen LogP contribution in [-0.2, 0) is 6.42 Å². The van der Waals surface area contributed by atoms with Crippen LogP contribution >= 0.6 is 61.5 Å². The fourth-order valence-corrected chi connectivity index (χ4v) is 17.3. The Hall–Kier alpha value is -11.8. The summed E-state index contributed by atoms with van der Waals surface area (Å²) < 4.78 is 9.17. The standard InChI is InChI=1S/C35H24N4S.C20H13NS.C15H10ClN3.C14H8BrNS.C6H7BO2/c1-4-10-23(11-5-1)26-16-17-31-28(20-26)29-22-30-27(21-32(29)40-31)18-19-39(30)35-37-33(24-12-6-2-7-13-24)36-34(38-35)25-14-8-3-9-15-25;1-2-4-13(5-3-1)14-6-7-19-16(10-14)17-12-18-15(8-9-21-18)11-20(17)22-19;16-15-18-13(11-7-3-1-4-8-11)17-14(19-15)12-9-5-2-6-10-12;15-9-1-2-13-10(6-9)11-7-12-8(3-4-16-12)5-14(11)17-13;8-7(9)6-4-2-1-3-5-6/h1-17,20-22H,18-19H2;1-12,21H;1-10H;1-7,16H;1-5,8-9H. The van der Waals surface area contributed by atoms with Crippen molar-refractivity contribution in [2.75, 3.05) is 11.4 Å². The van der Waals surface area contributed by atoms with Crippen LogP contribution in [0.2, 0.25) is 5.28 Å². The van der Waals surface area contributed by atoms with E-state index in [9.17, 15) is 0 Å². The van der Waals surface area contributed by atoms with Gasteiger partial charge in [0.1, 0.15) is 0 Å². The van der Waals surface area contributed by atoms with Crippen LogP contribution in [-0.4, -0.2) is 63.6 Å². The van der Waals surface area contributed by atoms with E-state index in [-0.39, 0.29) is 5.28 Å². The highest BCUT2D eigenvalue weighted by atomic mass is 79.9. The third-order valence-electron chi connectivity index (χ3n) is 18.7. The SMILES string of the molecule is Brc1ccc2sc3cc4cc[nH]c4cc3c2c1.Clc1nc(-c2ccccc2)nc(-c2ccccc2)n1.OB(O)c1ccccc1.c1ccc(-c2ccc3sc4cc5c(cc4c3c2)N(c2nc(-c3ccccc3)nc(-c3ccccc3)n2)CC5)cc1.c1ccc(-c2ccc3sc4cc5cc[nH]c5cc4c3c2)cc1.